The summed E-state index contributed by atoms with van der Waals surface area (Å²) in [5.41, 5.74) is -1.54. The first-order valence-corrected chi connectivity index (χ1v) is 12.1. The van der Waals surface area contributed by atoms with Crippen molar-refractivity contribution in [2.24, 2.45) is 0 Å². The molecule has 3 aliphatic carbocycles. The Morgan fingerprint density at radius 1 is 0.947 bits per heavy atom. The molecule has 38 heavy (non-hydrogen) atoms. The van der Waals surface area contributed by atoms with Crippen molar-refractivity contribution in [1.29, 1.82) is 0 Å². The summed E-state index contributed by atoms with van der Waals surface area (Å²) >= 11 is 5.83. The van der Waals surface area contributed by atoms with E-state index in [1.54, 1.807) is 24.3 Å². The second-order valence-corrected chi connectivity index (χ2v) is 9.86. The van der Waals surface area contributed by atoms with Crippen molar-refractivity contribution in [3.05, 3.63) is 53.3 Å². The Kier molecular flexibility index (Phi) is 7.93. The minimum Gasteiger partial charge on any atom is -0.484 e. The molecule has 0 aromatic heterocycles. The number of aliphatic hydroxyl groups excluding tert-OH is 1. The zero-order valence-electron chi connectivity index (χ0n) is 19.9. The van der Waals surface area contributed by atoms with E-state index in [0.29, 0.717) is 42.5 Å². The smallest absolute Gasteiger partial charge is 0.484 e. The van der Waals surface area contributed by atoms with Crippen LogP contribution in [0.1, 0.15) is 32.1 Å². The van der Waals surface area contributed by atoms with Crippen LogP contribution in [0, 0.1) is 5.82 Å². The zero-order valence-corrected chi connectivity index (χ0v) is 20.7. The summed E-state index contributed by atoms with van der Waals surface area (Å²) in [6, 6.07) is 9.04. The maximum Gasteiger partial charge on any atom is 0.573 e. The molecule has 0 radical (unpaired) electrons. The van der Waals surface area contributed by atoms with E-state index >= 15 is 0 Å². The van der Waals surface area contributed by atoms with Gasteiger partial charge in [-0.1, -0.05) is 11.6 Å². The number of fused-ring (bicyclic) bond motifs is 3. The SMILES string of the molecule is O=C(COc1ccc(OC(F)(F)F)c(F)c1)NC12CCC(NC(=O)COc3ccc(Cl)cc3)(CC1)[C@@H](O)C2. The van der Waals surface area contributed by atoms with Gasteiger partial charge in [0, 0.05) is 16.6 Å². The molecule has 0 heterocycles. The van der Waals surface area contributed by atoms with Crippen molar-refractivity contribution < 1.29 is 46.5 Å². The first-order chi connectivity index (χ1) is 17.9. The molecular weight excluding hydrogens is 536 g/mol. The summed E-state index contributed by atoms with van der Waals surface area (Å²) in [5.74, 6) is -2.91. The third-order valence-corrected chi connectivity index (χ3v) is 7.05. The number of benzene rings is 2. The maximum absolute atomic E-state index is 13.8. The number of carbonyl (C=O) groups excluding carboxylic acids is 2. The van der Waals surface area contributed by atoms with Gasteiger partial charge in [0.05, 0.1) is 11.6 Å². The lowest BCUT2D eigenvalue weighted by molar-refractivity contribution is -0.275. The van der Waals surface area contributed by atoms with Gasteiger partial charge in [-0.15, -0.1) is 13.2 Å². The van der Waals surface area contributed by atoms with E-state index in [4.69, 9.17) is 21.1 Å². The molecule has 3 fully saturated rings. The van der Waals surface area contributed by atoms with E-state index < -0.39 is 47.6 Å². The van der Waals surface area contributed by atoms with Crippen molar-refractivity contribution in [1.82, 2.24) is 10.6 Å². The number of ether oxygens (including phenoxy) is 3. The van der Waals surface area contributed by atoms with E-state index in [-0.39, 0.29) is 24.7 Å². The molecule has 8 nitrogen and oxygen atoms in total. The molecule has 2 aromatic carbocycles. The summed E-state index contributed by atoms with van der Waals surface area (Å²) in [7, 11) is 0. The van der Waals surface area contributed by atoms with Crippen LogP contribution < -0.4 is 24.8 Å². The minimum absolute atomic E-state index is 0.153. The van der Waals surface area contributed by atoms with Gasteiger partial charge < -0.3 is 30.0 Å². The number of carbonyl (C=O) groups is 2. The standard InChI is InChI=1S/C25H25ClF4N2O6/c26-15-1-3-16(4-2-15)36-14-22(35)32-24-9-7-23(8-10-24,12-20(24)33)31-21(34)13-37-17-5-6-19(18(27)11-17)38-25(28,29)30/h1-6,11,20,33H,7-10,12-14H2,(H,31,34)(H,32,35)/t20-,23?,24?/m0/s1. The Balaban J connectivity index is 1.26. The normalized spacial score (nSPS) is 24.4. The zero-order chi connectivity index (χ0) is 27.6. The van der Waals surface area contributed by atoms with Gasteiger partial charge >= 0.3 is 6.36 Å². The molecule has 3 saturated carbocycles. The van der Waals surface area contributed by atoms with Gasteiger partial charge in [-0.05, 0) is 68.5 Å². The number of halogens is 5. The van der Waals surface area contributed by atoms with Crippen LogP contribution in [-0.2, 0) is 9.59 Å². The summed E-state index contributed by atoms with van der Waals surface area (Å²) < 4.78 is 64.9. The Morgan fingerprint density at radius 2 is 1.53 bits per heavy atom. The van der Waals surface area contributed by atoms with Crippen LogP contribution >= 0.6 is 11.6 Å². The number of rotatable bonds is 9. The van der Waals surface area contributed by atoms with Gasteiger partial charge in [0.25, 0.3) is 11.8 Å². The molecule has 0 aliphatic heterocycles. The molecule has 206 valence electrons. The summed E-state index contributed by atoms with van der Waals surface area (Å²) in [4.78, 5) is 25.1. The number of amides is 2. The number of hydrogen-bond acceptors (Lipinski definition) is 6. The van der Waals surface area contributed by atoms with E-state index in [9.17, 15) is 32.3 Å². The monoisotopic (exact) mass is 560 g/mol. The van der Waals surface area contributed by atoms with Gasteiger partial charge in [-0.2, -0.15) is 0 Å². The largest absolute Gasteiger partial charge is 0.573 e. The number of alkyl halides is 3. The third kappa shape index (κ3) is 6.79. The van der Waals surface area contributed by atoms with Crippen molar-refractivity contribution >= 4 is 23.4 Å². The Hall–Kier alpha value is -3.25. The third-order valence-electron chi connectivity index (χ3n) is 6.80. The first-order valence-electron chi connectivity index (χ1n) is 11.7. The summed E-state index contributed by atoms with van der Waals surface area (Å²) in [5, 5.41) is 17.2. The average molecular weight is 561 g/mol. The predicted octanol–water partition coefficient (Wildman–Crippen LogP) is 3.88. The van der Waals surface area contributed by atoms with Gasteiger partial charge in [0.1, 0.15) is 11.5 Å². The molecule has 3 N–H and O–H groups in total. The molecule has 2 aromatic rings. The Labute approximate surface area is 220 Å². The number of hydrogen-bond donors (Lipinski definition) is 3. The molecule has 2 amide bonds. The predicted molar refractivity (Wildman–Crippen MR) is 126 cm³/mol. The molecule has 1 atom stereocenters. The molecule has 5 rings (SSSR count). The minimum atomic E-state index is -5.04. The second kappa shape index (κ2) is 10.9. The van der Waals surface area contributed by atoms with Crippen LogP contribution in [0.3, 0.4) is 0 Å². The van der Waals surface area contributed by atoms with Gasteiger partial charge in [-0.3, -0.25) is 9.59 Å². The average Bonchev–Trinajstić information content (AvgIpc) is 2.84. The Morgan fingerprint density at radius 3 is 2.11 bits per heavy atom. The van der Waals surface area contributed by atoms with Crippen LogP contribution in [0.25, 0.3) is 0 Å². The van der Waals surface area contributed by atoms with Crippen LogP contribution in [0.4, 0.5) is 17.6 Å². The summed E-state index contributed by atoms with van der Waals surface area (Å²) in [6.07, 6.45) is -3.92. The highest BCUT2D eigenvalue weighted by Crippen LogP contribution is 2.47. The lowest BCUT2D eigenvalue weighted by atomic mass is 9.60. The quantitative estimate of drug-likeness (QED) is 0.402. The second-order valence-electron chi connectivity index (χ2n) is 9.42. The first kappa shape index (κ1) is 27.8. The van der Waals surface area contributed by atoms with Crippen molar-refractivity contribution in [3.63, 3.8) is 0 Å². The highest BCUT2D eigenvalue weighted by atomic mass is 35.5. The fraction of sp³-hybridized carbons (Fsp3) is 0.440. The molecule has 0 unspecified atom stereocenters. The van der Waals surface area contributed by atoms with Crippen LogP contribution in [-0.4, -0.2) is 53.7 Å². The maximum atomic E-state index is 13.8. The van der Waals surface area contributed by atoms with Gasteiger partial charge in [0.15, 0.2) is 24.8 Å². The molecule has 13 heteroatoms. The van der Waals surface area contributed by atoms with Gasteiger partial charge in [-0.25, -0.2) is 4.39 Å². The van der Waals surface area contributed by atoms with Crippen molar-refractivity contribution in [2.45, 2.75) is 55.6 Å². The van der Waals surface area contributed by atoms with Crippen LogP contribution in [0.5, 0.6) is 17.2 Å². The fourth-order valence-electron chi connectivity index (χ4n) is 4.91. The van der Waals surface area contributed by atoms with Crippen molar-refractivity contribution in [2.75, 3.05) is 13.2 Å². The van der Waals surface area contributed by atoms with Gasteiger partial charge in [0.2, 0.25) is 0 Å². The molecule has 0 saturated heterocycles. The van der Waals surface area contributed by atoms with E-state index in [0.717, 1.165) is 12.1 Å². The molecule has 0 spiro atoms. The topological polar surface area (TPSA) is 106 Å². The lowest BCUT2D eigenvalue weighted by Gasteiger charge is -2.56. The fourth-order valence-corrected chi connectivity index (χ4v) is 5.04. The highest BCUT2D eigenvalue weighted by molar-refractivity contribution is 6.30. The number of nitrogens with one attached hydrogen (secondary N) is 2. The molecule has 3 aliphatic rings. The van der Waals surface area contributed by atoms with E-state index in [2.05, 4.69) is 15.4 Å². The number of aliphatic hydroxyl groups is 1. The van der Waals surface area contributed by atoms with E-state index in [1.165, 1.54) is 0 Å². The van der Waals surface area contributed by atoms with Crippen LogP contribution in [0.2, 0.25) is 5.02 Å². The van der Waals surface area contributed by atoms with Crippen molar-refractivity contribution in [3.8, 4) is 17.2 Å². The molecule has 2 bridgehead atoms. The van der Waals surface area contributed by atoms with Crippen LogP contribution in [0.15, 0.2) is 42.5 Å². The lowest BCUT2D eigenvalue weighted by Crippen LogP contribution is -2.70. The summed E-state index contributed by atoms with van der Waals surface area (Å²) in [6.45, 7) is -0.750. The van der Waals surface area contributed by atoms with E-state index in [1.807, 2.05) is 0 Å². The highest BCUT2D eigenvalue weighted by Gasteiger charge is 2.55. The molecular formula is C25H25ClF4N2O6. The Bertz CT molecular complexity index is 1170.